The van der Waals surface area contributed by atoms with E-state index in [-0.39, 0.29) is 46.5 Å². The van der Waals surface area contributed by atoms with Gasteiger partial charge in [-0.15, -0.1) is 0 Å². The van der Waals surface area contributed by atoms with Gasteiger partial charge in [0.2, 0.25) is 17.8 Å². The van der Waals surface area contributed by atoms with Crippen LogP contribution < -0.4 is 19.9 Å². The summed E-state index contributed by atoms with van der Waals surface area (Å²) in [6, 6.07) is 10.4. The Hall–Kier alpha value is -4.77. The molecule has 1 N–H and O–H groups in total. The smallest absolute Gasteiger partial charge is 0.387 e. The molecule has 15 heteroatoms. The Morgan fingerprint density at radius 2 is 1.91 bits per heavy atom. The van der Waals surface area contributed by atoms with Crippen molar-refractivity contribution in [1.29, 1.82) is 5.26 Å². The van der Waals surface area contributed by atoms with E-state index in [4.69, 9.17) is 11.6 Å². The van der Waals surface area contributed by atoms with E-state index in [2.05, 4.69) is 20.0 Å². The van der Waals surface area contributed by atoms with E-state index in [1.807, 2.05) is 6.07 Å². The van der Waals surface area contributed by atoms with Gasteiger partial charge in [0.05, 0.1) is 0 Å². The van der Waals surface area contributed by atoms with Gasteiger partial charge < -0.3 is 10.1 Å². The molecule has 1 saturated heterocycles. The lowest BCUT2D eigenvalue weighted by molar-refractivity contribution is -0.133. The van der Waals surface area contributed by atoms with Crippen LogP contribution in [0.1, 0.15) is 43.0 Å². The number of aromatic nitrogens is 2. The van der Waals surface area contributed by atoms with Gasteiger partial charge in [-0.2, -0.15) is 14.0 Å². The summed E-state index contributed by atoms with van der Waals surface area (Å²) in [5, 5.41) is 11.9. The van der Waals surface area contributed by atoms with E-state index in [0.29, 0.717) is 0 Å². The largest absolute Gasteiger partial charge is 0.435 e. The van der Waals surface area contributed by atoms with E-state index in [1.165, 1.54) is 42.6 Å². The molecule has 44 heavy (non-hydrogen) atoms. The number of halogens is 5. The molecule has 0 spiro atoms. The zero-order valence-electron chi connectivity index (χ0n) is 22.7. The third-order valence-corrected chi connectivity index (χ3v) is 7.52. The van der Waals surface area contributed by atoms with Crippen LogP contribution in [0.4, 0.5) is 29.2 Å². The number of carbonyl (C=O) groups is 3. The number of nitrogens with zero attached hydrogens (tertiary/aromatic N) is 5. The molecule has 2 atom stereocenters. The monoisotopic (exact) mass is 630 g/mol. The summed E-state index contributed by atoms with van der Waals surface area (Å²) in [5.41, 5.74) is -0.0525. The molecule has 1 aliphatic carbocycles. The maximum atomic E-state index is 14.5. The van der Waals surface area contributed by atoms with Crippen molar-refractivity contribution in [2.24, 2.45) is 0 Å². The number of hydrogen-bond donors (Lipinski definition) is 1. The first-order chi connectivity index (χ1) is 21.0. The fourth-order valence-electron chi connectivity index (χ4n) is 5.21. The van der Waals surface area contributed by atoms with Crippen molar-refractivity contribution in [3.8, 4) is 11.8 Å². The normalized spacial score (nSPS) is 18.3. The SMILES string of the molecule is N#Cc1ccnc(N2C(=O)CC[C@H]2C(=O)N(c2cccc(OC(F)F)c2)[C@H](C(=O)NC2CC(F)(F)C2)c2ccccc2Cl)n1. The summed E-state index contributed by atoms with van der Waals surface area (Å²) >= 11 is 6.49. The quantitative estimate of drug-likeness (QED) is 0.337. The summed E-state index contributed by atoms with van der Waals surface area (Å²) in [6.07, 6.45) is -0.147. The molecule has 10 nitrogen and oxygen atoms in total. The van der Waals surface area contributed by atoms with Gasteiger partial charge in [0.25, 0.3) is 11.8 Å². The Kier molecular flexibility index (Phi) is 8.68. The van der Waals surface area contributed by atoms with Gasteiger partial charge in [0, 0.05) is 53.8 Å². The number of nitrogens with one attached hydrogen (secondary N) is 1. The first kappa shape index (κ1) is 30.7. The van der Waals surface area contributed by atoms with Crippen LogP contribution >= 0.6 is 11.6 Å². The minimum Gasteiger partial charge on any atom is -0.435 e. The maximum absolute atomic E-state index is 14.5. The topological polar surface area (TPSA) is 129 Å². The van der Waals surface area contributed by atoms with Crippen LogP contribution in [0, 0.1) is 11.3 Å². The number of rotatable bonds is 9. The maximum Gasteiger partial charge on any atom is 0.387 e. The van der Waals surface area contributed by atoms with E-state index in [0.717, 1.165) is 15.9 Å². The molecule has 2 fully saturated rings. The number of ether oxygens (including phenoxy) is 1. The fraction of sp³-hybridized carbons (Fsp3) is 0.310. The minimum atomic E-state index is -3.20. The summed E-state index contributed by atoms with van der Waals surface area (Å²) in [4.78, 5) is 51.5. The Bertz CT molecular complexity index is 1630. The lowest BCUT2D eigenvalue weighted by Gasteiger charge is -2.39. The van der Waals surface area contributed by atoms with Crippen molar-refractivity contribution >= 4 is 41.0 Å². The van der Waals surface area contributed by atoms with Crippen LogP contribution in [0.5, 0.6) is 5.75 Å². The van der Waals surface area contributed by atoms with E-state index < -0.39 is 61.2 Å². The predicted molar refractivity (Wildman–Crippen MR) is 148 cm³/mol. The highest BCUT2D eigenvalue weighted by atomic mass is 35.5. The van der Waals surface area contributed by atoms with Crippen molar-refractivity contribution in [2.45, 2.75) is 56.3 Å². The second-order valence-electron chi connectivity index (χ2n) is 10.1. The average molecular weight is 631 g/mol. The van der Waals surface area contributed by atoms with Crippen LogP contribution in [0.25, 0.3) is 0 Å². The lowest BCUT2D eigenvalue weighted by atomic mass is 9.87. The van der Waals surface area contributed by atoms with Crippen LogP contribution in [0.3, 0.4) is 0 Å². The van der Waals surface area contributed by atoms with Gasteiger partial charge in [0.15, 0.2) is 0 Å². The first-order valence-electron chi connectivity index (χ1n) is 13.3. The summed E-state index contributed by atoms with van der Waals surface area (Å²) in [6.45, 7) is -3.20. The number of nitriles is 1. The number of hydrogen-bond acceptors (Lipinski definition) is 7. The van der Waals surface area contributed by atoms with Crippen molar-refractivity contribution in [2.75, 3.05) is 9.80 Å². The molecule has 0 radical (unpaired) electrons. The van der Waals surface area contributed by atoms with Gasteiger partial charge >= 0.3 is 6.61 Å². The Morgan fingerprint density at radius 1 is 1.16 bits per heavy atom. The van der Waals surface area contributed by atoms with Gasteiger partial charge in [-0.25, -0.2) is 18.7 Å². The molecule has 228 valence electrons. The highest BCUT2D eigenvalue weighted by molar-refractivity contribution is 6.31. The molecule has 3 amide bonds. The first-order valence-corrected chi connectivity index (χ1v) is 13.7. The Morgan fingerprint density at radius 3 is 2.59 bits per heavy atom. The molecule has 0 unspecified atom stereocenters. The number of benzene rings is 2. The van der Waals surface area contributed by atoms with Crippen LogP contribution in [-0.2, 0) is 14.4 Å². The number of alkyl halides is 4. The molecular weight excluding hydrogens is 608 g/mol. The summed E-state index contributed by atoms with van der Waals surface area (Å²) in [7, 11) is 0. The third-order valence-electron chi connectivity index (χ3n) is 7.17. The predicted octanol–water partition coefficient (Wildman–Crippen LogP) is 4.79. The Labute approximate surface area is 253 Å². The van der Waals surface area contributed by atoms with Gasteiger partial charge in [0.1, 0.15) is 29.6 Å². The summed E-state index contributed by atoms with van der Waals surface area (Å²) in [5.74, 6) is -5.78. The van der Waals surface area contributed by atoms with E-state index >= 15 is 0 Å². The molecule has 2 aromatic carbocycles. The van der Waals surface area contributed by atoms with E-state index in [9.17, 15) is 37.2 Å². The molecule has 3 aromatic rings. The van der Waals surface area contributed by atoms with Crippen molar-refractivity contribution in [1.82, 2.24) is 15.3 Å². The zero-order chi connectivity index (χ0) is 31.6. The highest BCUT2D eigenvalue weighted by Gasteiger charge is 2.49. The Balaban J connectivity index is 1.63. The third kappa shape index (κ3) is 6.42. The van der Waals surface area contributed by atoms with Crippen LogP contribution in [0.2, 0.25) is 5.02 Å². The standard InChI is InChI=1S/C29H23ClF4N6O4/c30-21-7-2-1-6-20(21)24(25(42)37-17-13-29(33,34)14-17)39(18-4-3-5-19(12-18)44-27(31)32)26(43)22-8-9-23(41)40(22)28-36-11-10-16(15-35)38-28/h1-7,10-12,17,22,24,27H,8-9,13-14H2,(H,37,42)/t22-,24-/m0/s1. The van der Waals surface area contributed by atoms with Crippen molar-refractivity contribution in [3.63, 3.8) is 0 Å². The molecule has 1 saturated carbocycles. The molecule has 2 aliphatic rings. The number of amides is 3. The molecule has 1 aromatic heterocycles. The fourth-order valence-corrected chi connectivity index (χ4v) is 5.45. The number of anilines is 2. The van der Waals surface area contributed by atoms with Crippen LogP contribution in [0.15, 0.2) is 60.8 Å². The molecular formula is C29H23ClF4N6O4. The van der Waals surface area contributed by atoms with Gasteiger partial charge in [-0.1, -0.05) is 35.9 Å². The van der Waals surface area contributed by atoms with E-state index in [1.54, 1.807) is 12.1 Å². The van der Waals surface area contributed by atoms with Gasteiger partial charge in [-0.3, -0.25) is 24.2 Å². The second kappa shape index (κ2) is 12.5. The lowest BCUT2D eigenvalue weighted by Crippen LogP contribution is -2.56. The molecule has 0 bridgehead atoms. The molecule has 2 heterocycles. The van der Waals surface area contributed by atoms with Crippen molar-refractivity contribution in [3.05, 3.63) is 77.1 Å². The van der Waals surface area contributed by atoms with Crippen molar-refractivity contribution < 1.29 is 36.7 Å². The van der Waals surface area contributed by atoms with Gasteiger partial charge in [-0.05, 0) is 30.7 Å². The summed E-state index contributed by atoms with van der Waals surface area (Å²) < 4.78 is 58.1. The second-order valence-corrected chi connectivity index (χ2v) is 10.6. The minimum absolute atomic E-state index is 0.0484. The zero-order valence-corrected chi connectivity index (χ0v) is 23.4. The highest BCUT2D eigenvalue weighted by Crippen LogP contribution is 2.40. The van der Waals surface area contributed by atoms with Crippen LogP contribution in [-0.4, -0.2) is 52.3 Å². The molecule has 5 rings (SSSR count). The molecule has 1 aliphatic heterocycles. The number of carbonyl (C=O) groups excluding carboxylic acids is 3. The average Bonchev–Trinajstić information content (AvgIpc) is 3.36.